The molecule has 1 aliphatic rings. The van der Waals surface area contributed by atoms with Gasteiger partial charge in [-0.15, -0.1) is 0 Å². The van der Waals surface area contributed by atoms with Gasteiger partial charge in [0.15, 0.2) is 16.6 Å². The molecule has 5 nitrogen and oxygen atoms in total. The van der Waals surface area contributed by atoms with E-state index in [0.29, 0.717) is 12.8 Å². The molecule has 0 saturated heterocycles. The first-order valence-corrected chi connectivity index (χ1v) is 21.2. The molecule has 1 aliphatic carbocycles. The molecule has 0 amide bonds. The lowest BCUT2D eigenvalue weighted by Crippen LogP contribution is -2.45. The molecule has 1 fully saturated rings. The van der Waals surface area contributed by atoms with Crippen molar-refractivity contribution in [3.63, 3.8) is 0 Å². The third-order valence-corrected chi connectivity index (χ3v) is 18.4. The molecule has 0 bridgehead atoms. The Bertz CT molecular complexity index is 791. The Labute approximate surface area is 243 Å². The van der Waals surface area contributed by atoms with Crippen LogP contribution in [0.25, 0.3) is 0 Å². The molecule has 5 atom stereocenters. The van der Waals surface area contributed by atoms with Crippen molar-refractivity contribution in [1.82, 2.24) is 0 Å². The molecular formula is C32H62O5Si2. The number of rotatable bonds is 16. The van der Waals surface area contributed by atoms with Crippen LogP contribution in [-0.2, 0) is 13.6 Å². The van der Waals surface area contributed by atoms with Crippen LogP contribution in [0.15, 0.2) is 24.3 Å². The molecule has 0 aromatic rings. The Morgan fingerprint density at radius 1 is 0.974 bits per heavy atom. The van der Waals surface area contributed by atoms with E-state index in [1.54, 1.807) is 0 Å². The first kappa shape index (κ1) is 36.3. The number of hydrogen-bond acceptors (Lipinski definition) is 4. The summed E-state index contributed by atoms with van der Waals surface area (Å²) in [5, 5.41) is 20.3. The van der Waals surface area contributed by atoms with Crippen LogP contribution < -0.4 is 0 Å². The first-order chi connectivity index (χ1) is 17.8. The molecule has 0 radical (unpaired) electrons. The van der Waals surface area contributed by atoms with Gasteiger partial charge in [-0.1, -0.05) is 92.0 Å². The molecule has 1 rings (SSSR count). The molecule has 0 heterocycles. The van der Waals surface area contributed by atoms with Crippen molar-refractivity contribution in [3.05, 3.63) is 24.3 Å². The minimum absolute atomic E-state index is 0.00767. The van der Waals surface area contributed by atoms with Gasteiger partial charge in [0.25, 0.3) is 0 Å². The fourth-order valence-electron chi connectivity index (χ4n) is 4.70. The van der Waals surface area contributed by atoms with E-state index in [-0.39, 0.29) is 40.5 Å². The predicted octanol–water partition coefficient (Wildman–Crippen LogP) is 9.10. The Balaban J connectivity index is 3.22. The molecule has 0 aromatic carbocycles. The summed E-state index contributed by atoms with van der Waals surface area (Å²) in [6.45, 7) is 25.2. The average molecular weight is 583 g/mol. The summed E-state index contributed by atoms with van der Waals surface area (Å²) in [5.74, 6) is -0.552. The van der Waals surface area contributed by atoms with Crippen LogP contribution in [0.1, 0.15) is 106 Å². The van der Waals surface area contributed by atoms with E-state index in [9.17, 15) is 9.90 Å². The average Bonchev–Trinajstić information content (AvgIpc) is 3.05. The Morgan fingerprint density at radius 3 is 2.13 bits per heavy atom. The number of carbonyl (C=O) groups is 1. The van der Waals surface area contributed by atoms with Gasteiger partial charge < -0.3 is 19.1 Å². The minimum Gasteiger partial charge on any atom is -0.481 e. The number of carboxylic acid groups (broad SMARTS) is 1. The number of carboxylic acids is 1. The lowest BCUT2D eigenvalue weighted by atomic mass is 9.89. The monoisotopic (exact) mass is 582 g/mol. The number of hydrogen-bond donors (Lipinski definition) is 2. The standard InChI is InChI=1S/C32H62O5Si2/c1-12-13-16-19-25(36-38(8,9)31(2,3)4)22-23-27-26(20-17-14-15-18-21-30(34)35)28(33)24-29(27)37-39(10,11)32(5,6)7/h14,17,22-23,25-29,33H,12-13,15-16,18-21,24H2,1-11H3,(H,34,35)/b17-14-,23-22+/t25?,26-,27-,28+,29-/m1/s1. The zero-order valence-electron chi connectivity index (χ0n) is 27.2. The van der Waals surface area contributed by atoms with Crippen molar-refractivity contribution in [1.29, 1.82) is 0 Å². The highest BCUT2D eigenvalue weighted by atomic mass is 28.4. The van der Waals surface area contributed by atoms with E-state index in [1.165, 1.54) is 12.8 Å². The van der Waals surface area contributed by atoms with Gasteiger partial charge in [0.2, 0.25) is 0 Å². The van der Waals surface area contributed by atoms with Crippen LogP contribution in [0.5, 0.6) is 0 Å². The second kappa shape index (κ2) is 15.5. The molecule has 228 valence electrons. The summed E-state index contributed by atoms with van der Waals surface area (Å²) in [6.07, 6.45) is 16.1. The SMILES string of the molecule is CCCCCC(/C=C/[C@@H]1[C@@H](C/C=C\CCCC(=O)O)[C@@H](O)C[C@H]1O[Si](C)(C)C(C)(C)C)O[Si](C)(C)C(C)(C)C. The maximum absolute atomic E-state index is 11.2. The Hall–Kier alpha value is -0.736. The van der Waals surface area contributed by atoms with E-state index < -0.39 is 28.7 Å². The van der Waals surface area contributed by atoms with Crippen LogP contribution in [0, 0.1) is 11.8 Å². The smallest absolute Gasteiger partial charge is 0.303 e. The van der Waals surface area contributed by atoms with Crippen molar-refractivity contribution >= 4 is 22.6 Å². The largest absolute Gasteiger partial charge is 0.481 e. The molecule has 1 saturated carbocycles. The van der Waals surface area contributed by atoms with Gasteiger partial charge in [0.1, 0.15) is 0 Å². The number of unbranched alkanes of at least 4 members (excludes halogenated alkanes) is 3. The summed E-state index contributed by atoms with van der Waals surface area (Å²) in [7, 11) is -3.95. The van der Waals surface area contributed by atoms with E-state index in [0.717, 1.165) is 25.7 Å². The third-order valence-electron chi connectivity index (χ3n) is 9.37. The summed E-state index contributed by atoms with van der Waals surface area (Å²) in [6, 6.07) is 0. The van der Waals surface area contributed by atoms with Gasteiger partial charge in [-0.3, -0.25) is 4.79 Å². The number of aliphatic hydroxyl groups is 1. The van der Waals surface area contributed by atoms with E-state index in [2.05, 4.69) is 99.0 Å². The molecule has 2 N–H and O–H groups in total. The van der Waals surface area contributed by atoms with E-state index in [4.69, 9.17) is 14.0 Å². The molecule has 1 unspecified atom stereocenters. The summed E-state index contributed by atoms with van der Waals surface area (Å²) in [5.41, 5.74) is 0. The number of allylic oxidation sites excluding steroid dienone is 2. The fourth-order valence-corrected chi connectivity index (χ4v) is 7.38. The predicted molar refractivity (Wildman–Crippen MR) is 170 cm³/mol. The van der Waals surface area contributed by atoms with Crippen LogP contribution in [0.3, 0.4) is 0 Å². The van der Waals surface area contributed by atoms with Crippen molar-refractivity contribution in [2.75, 3.05) is 0 Å². The Kier molecular flexibility index (Phi) is 14.4. The molecular weight excluding hydrogens is 521 g/mol. The normalized spacial score (nSPS) is 24.2. The number of aliphatic carboxylic acids is 1. The quantitative estimate of drug-likeness (QED) is 0.108. The molecule has 7 heteroatoms. The summed E-state index contributed by atoms with van der Waals surface area (Å²) < 4.78 is 13.8. The van der Waals surface area contributed by atoms with Crippen LogP contribution in [0.2, 0.25) is 36.3 Å². The van der Waals surface area contributed by atoms with Gasteiger partial charge in [-0.25, -0.2) is 0 Å². The van der Waals surface area contributed by atoms with E-state index in [1.807, 2.05) is 0 Å². The van der Waals surface area contributed by atoms with Crippen LogP contribution >= 0.6 is 0 Å². The zero-order valence-corrected chi connectivity index (χ0v) is 29.2. The van der Waals surface area contributed by atoms with Gasteiger partial charge >= 0.3 is 5.97 Å². The molecule has 0 spiro atoms. The third kappa shape index (κ3) is 12.0. The van der Waals surface area contributed by atoms with E-state index >= 15 is 0 Å². The summed E-state index contributed by atoms with van der Waals surface area (Å²) >= 11 is 0. The lowest BCUT2D eigenvalue weighted by molar-refractivity contribution is -0.137. The minimum atomic E-state index is -2.02. The van der Waals surface area contributed by atoms with Crippen molar-refractivity contribution < 1.29 is 23.9 Å². The number of aliphatic hydroxyl groups excluding tert-OH is 1. The maximum Gasteiger partial charge on any atom is 0.303 e. The molecule has 0 aliphatic heterocycles. The highest BCUT2D eigenvalue weighted by Gasteiger charge is 2.47. The van der Waals surface area contributed by atoms with Crippen molar-refractivity contribution in [2.24, 2.45) is 11.8 Å². The second-order valence-electron chi connectivity index (χ2n) is 14.8. The topological polar surface area (TPSA) is 76.0 Å². The molecule has 39 heavy (non-hydrogen) atoms. The van der Waals surface area contributed by atoms with Gasteiger partial charge in [0, 0.05) is 12.3 Å². The van der Waals surface area contributed by atoms with Crippen molar-refractivity contribution in [2.45, 2.75) is 161 Å². The van der Waals surface area contributed by atoms with Gasteiger partial charge in [0.05, 0.1) is 18.3 Å². The van der Waals surface area contributed by atoms with Crippen LogP contribution in [0.4, 0.5) is 0 Å². The van der Waals surface area contributed by atoms with Crippen molar-refractivity contribution in [3.8, 4) is 0 Å². The van der Waals surface area contributed by atoms with Gasteiger partial charge in [-0.05, 0) is 74.3 Å². The lowest BCUT2D eigenvalue weighted by Gasteiger charge is -2.40. The highest BCUT2D eigenvalue weighted by molar-refractivity contribution is 6.74. The zero-order chi connectivity index (χ0) is 30.1. The molecule has 0 aromatic heterocycles. The fraction of sp³-hybridized carbons (Fsp3) is 0.844. The highest BCUT2D eigenvalue weighted by Crippen LogP contribution is 2.44. The Morgan fingerprint density at radius 2 is 1.59 bits per heavy atom. The maximum atomic E-state index is 11.2. The second-order valence-corrected chi connectivity index (χ2v) is 24.3. The summed E-state index contributed by atoms with van der Waals surface area (Å²) in [4.78, 5) is 10.8. The van der Waals surface area contributed by atoms with Gasteiger partial charge in [-0.2, -0.15) is 0 Å². The first-order valence-electron chi connectivity index (χ1n) is 15.4. The van der Waals surface area contributed by atoms with Crippen LogP contribution in [-0.4, -0.2) is 51.1 Å².